The van der Waals surface area contributed by atoms with Gasteiger partial charge in [-0.2, -0.15) is 5.26 Å². The predicted molar refractivity (Wildman–Crippen MR) is 69.4 cm³/mol. The molecule has 1 amide bonds. The second-order valence-corrected chi connectivity index (χ2v) is 4.58. The normalized spacial score (nSPS) is 12.5. The van der Waals surface area contributed by atoms with Gasteiger partial charge in [-0.15, -0.1) is 0 Å². The molecule has 0 spiro atoms. The molecule has 0 aliphatic rings. The lowest BCUT2D eigenvalue weighted by atomic mass is 9.97. The molecule has 0 radical (unpaired) electrons. The zero-order valence-electron chi connectivity index (χ0n) is 11.5. The van der Waals surface area contributed by atoms with E-state index in [1.165, 1.54) is 0 Å². The fraction of sp³-hybridized carbons (Fsp3) is 0.846. The Balaban J connectivity index is 3.95. The van der Waals surface area contributed by atoms with Gasteiger partial charge in [-0.1, -0.05) is 27.7 Å². The molecule has 4 heteroatoms. The highest BCUT2D eigenvalue weighted by Gasteiger charge is 2.20. The number of carbonyl (C=O) groups is 1. The lowest BCUT2D eigenvalue weighted by Crippen LogP contribution is -2.38. The van der Waals surface area contributed by atoms with Gasteiger partial charge in [0, 0.05) is 13.1 Å². The largest absolute Gasteiger partial charge is 0.354 e. The van der Waals surface area contributed by atoms with Crippen LogP contribution in [-0.2, 0) is 4.79 Å². The summed E-state index contributed by atoms with van der Waals surface area (Å²) in [6.45, 7) is 11.6. The van der Waals surface area contributed by atoms with Crippen LogP contribution in [-0.4, -0.2) is 37.0 Å². The average molecular weight is 239 g/mol. The lowest BCUT2D eigenvalue weighted by molar-refractivity contribution is -0.124. The van der Waals surface area contributed by atoms with E-state index < -0.39 is 5.92 Å². The first-order valence-electron chi connectivity index (χ1n) is 6.46. The maximum Gasteiger partial charge on any atom is 0.237 e. The second-order valence-electron chi connectivity index (χ2n) is 4.58. The molecule has 0 aromatic carbocycles. The van der Waals surface area contributed by atoms with Crippen molar-refractivity contribution < 1.29 is 4.79 Å². The zero-order valence-corrected chi connectivity index (χ0v) is 11.5. The van der Waals surface area contributed by atoms with Crippen LogP contribution in [0, 0.1) is 23.2 Å². The Morgan fingerprint density at radius 3 is 2.41 bits per heavy atom. The minimum absolute atomic E-state index is 0.0675. The molecule has 98 valence electrons. The molecule has 0 saturated heterocycles. The van der Waals surface area contributed by atoms with Crippen LogP contribution in [0.15, 0.2) is 0 Å². The molecule has 4 nitrogen and oxygen atoms in total. The van der Waals surface area contributed by atoms with Crippen LogP contribution in [0.5, 0.6) is 0 Å². The predicted octanol–water partition coefficient (Wildman–Crippen LogP) is 1.63. The van der Waals surface area contributed by atoms with Crippen LogP contribution in [0.2, 0.25) is 0 Å². The third kappa shape index (κ3) is 6.28. The molecule has 0 rings (SSSR count). The maximum absolute atomic E-state index is 11.7. The Hall–Kier alpha value is -1.08. The molecule has 0 aliphatic heterocycles. The molecule has 0 fully saturated rings. The van der Waals surface area contributed by atoms with E-state index in [1.54, 1.807) is 0 Å². The van der Waals surface area contributed by atoms with Crippen molar-refractivity contribution in [1.29, 1.82) is 5.26 Å². The van der Waals surface area contributed by atoms with Crippen LogP contribution in [0.1, 0.15) is 34.1 Å². The first-order chi connectivity index (χ1) is 8.06. The molecular formula is C13H25N3O. The topological polar surface area (TPSA) is 56.1 Å². The first-order valence-corrected chi connectivity index (χ1v) is 6.46. The number of nitrogens with zero attached hydrogens (tertiary/aromatic N) is 2. The number of amides is 1. The van der Waals surface area contributed by atoms with Crippen molar-refractivity contribution in [2.45, 2.75) is 34.1 Å². The average Bonchev–Trinajstić information content (AvgIpc) is 2.28. The molecule has 0 aliphatic carbocycles. The van der Waals surface area contributed by atoms with E-state index in [0.29, 0.717) is 6.54 Å². The van der Waals surface area contributed by atoms with Crippen molar-refractivity contribution in [3.05, 3.63) is 0 Å². The number of hydrogen-bond acceptors (Lipinski definition) is 3. The Kier molecular flexibility index (Phi) is 8.43. The standard InChI is InChI=1S/C13H25N3O/c1-5-8-16(6-2)9-7-15-13(17)12(10-14)11(3)4/h11-12H,5-9H2,1-4H3,(H,15,17). The van der Waals surface area contributed by atoms with Crippen LogP contribution in [0.4, 0.5) is 0 Å². The number of carbonyl (C=O) groups excluding carboxylic acids is 1. The van der Waals surface area contributed by atoms with Gasteiger partial charge in [0.2, 0.25) is 5.91 Å². The second kappa shape index (κ2) is 9.00. The Morgan fingerprint density at radius 2 is 2.00 bits per heavy atom. The Bertz CT molecular complexity index is 258. The summed E-state index contributed by atoms with van der Waals surface area (Å²) in [6.07, 6.45) is 1.12. The van der Waals surface area contributed by atoms with E-state index in [9.17, 15) is 4.79 Å². The summed E-state index contributed by atoms with van der Waals surface area (Å²) in [4.78, 5) is 14.0. The van der Waals surface area contributed by atoms with Crippen molar-refractivity contribution in [1.82, 2.24) is 10.2 Å². The highest BCUT2D eigenvalue weighted by Crippen LogP contribution is 2.08. The Labute approximate surface area is 105 Å². The number of nitrogens with one attached hydrogen (secondary N) is 1. The molecule has 0 bridgehead atoms. The van der Waals surface area contributed by atoms with Crippen molar-refractivity contribution in [3.63, 3.8) is 0 Å². The van der Waals surface area contributed by atoms with Gasteiger partial charge in [0.25, 0.3) is 0 Å². The molecule has 1 atom stereocenters. The number of rotatable bonds is 8. The third-order valence-corrected chi connectivity index (χ3v) is 2.80. The van der Waals surface area contributed by atoms with Crippen LogP contribution < -0.4 is 5.32 Å². The van der Waals surface area contributed by atoms with Crippen molar-refractivity contribution >= 4 is 5.91 Å². The van der Waals surface area contributed by atoms with Gasteiger partial charge in [0.15, 0.2) is 0 Å². The smallest absolute Gasteiger partial charge is 0.237 e. The van der Waals surface area contributed by atoms with Crippen LogP contribution in [0.3, 0.4) is 0 Å². The molecular weight excluding hydrogens is 214 g/mol. The highest BCUT2D eigenvalue weighted by atomic mass is 16.1. The molecule has 0 heterocycles. The summed E-state index contributed by atoms with van der Waals surface area (Å²) >= 11 is 0. The van der Waals surface area contributed by atoms with Gasteiger partial charge in [0.05, 0.1) is 6.07 Å². The van der Waals surface area contributed by atoms with Crippen LogP contribution >= 0.6 is 0 Å². The maximum atomic E-state index is 11.7. The quantitative estimate of drug-likeness (QED) is 0.700. The van der Waals surface area contributed by atoms with Gasteiger partial charge in [0.1, 0.15) is 5.92 Å². The summed E-state index contributed by atoms with van der Waals surface area (Å²) in [5, 5.41) is 11.7. The Morgan fingerprint density at radius 1 is 1.35 bits per heavy atom. The monoisotopic (exact) mass is 239 g/mol. The van der Waals surface area contributed by atoms with Crippen LogP contribution in [0.25, 0.3) is 0 Å². The van der Waals surface area contributed by atoms with E-state index in [4.69, 9.17) is 5.26 Å². The van der Waals surface area contributed by atoms with Crippen molar-refractivity contribution in [3.8, 4) is 6.07 Å². The number of hydrogen-bond donors (Lipinski definition) is 1. The van der Waals surface area contributed by atoms with Gasteiger partial charge >= 0.3 is 0 Å². The summed E-state index contributed by atoms with van der Waals surface area (Å²) in [5.74, 6) is -0.607. The van der Waals surface area contributed by atoms with Gasteiger partial charge in [-0.25, -0.2) is 0 Å². The van der Waals surface area contributed by atoms with Crippen molar-refractivity contribution in [2.24, 2.45) is 11.8 Å². The lowest BCUT2D eigenvalue weighted by Gasteiger charge is -2.20. The number of likely N-dealkylation sites (N-methyl/N-ethyl adjacent to an activating group) is 1. The summed E-state index contributed by atoms with van der Waals surface area (Å²) in [5.41, 5.74) is 0. The fourth-order valence-electron chi connectivity index (χ4n) is 1.70. The molecule has 0 saturated carbocycles. The fourth-order valence-corrected chi connectivity index (χ4v) is 1.70. The van der Waals surface area contributed by atoms with Gasteiger partial charge in [-0.3, -0.25) is 4.79 Å². The van der Waals surface area contributed by atoms with E-state index in [0.717, 1.165) is 26.1 Å². The minimum Gasteiger partial charge on any atom is -0.354 e. The first kappa shape index (κ1) is 15.9. The van der Waals surface area contributed by atoms with E-state index >= 15 is 0 Å². The summed E-state index contributed by atoms with van der Waals surface area (Å²) in [6, 6.07) is 2.05. The molecule has 0 aromatic rings. The van der Waals surface area contributed by atoms with Gasteiger partial charge < -0.3 is 10.2 Å². The van der Waals surface area contributed by atoms with Gasteiger partial charge in [-0.05, 0) is 25.4 Å². The molecule has 1 N–H and O–H groups in total. The summed E-state index contributed by atoms with van der Waals surface area (Å²) < 4.78 is 0. The van der Waals surface area contributed by atoms with E-state index in [2.05, 4.69) is 30.1 Å². The van der Waals surface area contributed by atoms with E-state index in [1.807, 2.05) is 13.8 Å². The zero-order chi connectivity index (χ0) is 13.3. The third-order valence-electron chi connectivity index (χ3n) is 2.80. The molecule has 17 heavy (non-hydrogen) atoms. The molecule has 0 aromatic heterocycles. The minimum atomic E-state index is -0.531. The van der Waals surface area contributed by atoms with Crippen molar-refractivity contribution in [2.75, 3.05) is 26.2 Å². The van der Waals surface area contributed by atoms with E-state index in [-0.39, 0.29) is 11.8 Å². The SMILES string of the molecule is CCCN(CC)CCNC(=O)C(C#N)C(C)C. The number of nitriles is 1. The summed E-state index contributed by atoms with van der Waals surface area (Å²) in [7, 11) is 0. The highest BCUT2D eigenvalue weighted by molar-refractivity contribution is 5.81. The molecule has 1 unspecified atom stereocenters.